The minimum atomic E-state index is -3.14. The summed E-state index contributed by atoms with van der Waals surface area (Å²) in [6, 6.07) is 5.31. The van der Waals surface area contributed by atoms with E-state index < -0.39 is 9.84 Å². The summed E-state index contributed by atoms with van der Waals surface area (Å²) < 4.78 is 23.8. The second kappa shape index (κ2) is 5.75. The van der Waals surface area contributed by atoms with Crippen molar-refractivity contribution >= 4 is 20.7 Å². The van der Waals surface area contributed by atoms with Crippen molar-refractivity contribution in [3.63, 3.8) is 0 Å². The first-order chi connectivity index (χ1) is 9.08. The van der Waals surface area contributed by atoms with Crippen molar-refractivity contribution in [2.24, 2.45) is 0 Å². The van der Waals surface area contributed by atoms with Gasteiger partial charge in [-0.3, -0.25) is 0 Å². The molecule has 0 atom stereocenters. The number of fused-ring (bicyclic) bond motifs is 1. The quantitative estimate of drug-likeness (QED) is 0.797. The largest absolute Gasteiger partial charge is 0.361 e. The Hall–Kier alpha value is -1.33. The Labute approximate surface area is 114 Å². The zero-order valence-corrected chi connectivity index (χ0v) is 12.2. The van der Waals surface area contributed by atoms with Gasteiger partial charge < -0.3 is 10.3 Å². The van der Waals surface area contributed by atoms with Crippen molar-refractivity contribution in [2.75, 3.05) is 19.3 Å². The zero-order chi connectivity index (χ0) is 13.9. The fourth-order valence-corrected chi connectivity index (χ4v) is 3.09. The second-order valence-electron chi connectivity index (χ2n) is 4.63. The first-order valence-electron chi connectivity index (χ1n) is 6.56. The molecule has 4 nitrogen and oxygen atoms in total. The molecule has 19 heavy (non-hydrogen) atoms. The molecule has 0 fully saturated rings. The van der Waals surface area contributed by atoms with Crippen LogP contribution in [-0.4, -0.2) is 32.7 Å². The van der Waals surface area contributed by atoms with E-state index in [0.29, 0.717) is 4.90 Å². The van der Waals surface area contributed by atoms with Gasteiger partial charge in [0, 0.05) is 17.1 Å². The van der Waals surface area contributed by atoms with E-state index in [0.717, 1.165) is 30.3 Å². The van der Waals surface area contributed by atoms with Gasteiger partial charge in [0.25, 0.3) is 0 Å². The van der Waals surface area contributed by atoms with Crippen molar-refractivity contribution < 1.29 is 8.42 Å². The van der Waals surface area contributed by atoms with Gasteiger partial charge in [-0.15, -0.1) is 0 Å². The van der Waals surface area contributed by atoms with Gasteiger partial charge >= 0.3 is 0 Å². The number of nitrogens with one attached hydrogen (secondary N) is 2. The van der Waals surface area contributed by atoms with Crippen LogP contribution in [0.2, 0.25) is 0 Å². The highest BCUT2D eigenvalue weighted by atomic mass is 32.2. The number of rotatable bonds is 6. The van der Waals surface area contributed by atoms with Crippen molar-refractivity contribution in [2.45, 2.75) is 24.7 Å². The molecule has 2 N–H and O–H groups in total. The van der Waals surface area contributed by atoms with E-state index in [9.17, 15) is 8.42 Å². The van der Waals surface area contributed by atoms with Crippen LogP contribution in [0.4, 0.5) is 0 Å². The zero-order valence-electron chi connectivity index (χ0n) is 11.4. The summed E-state index contributed by atoms with van der Waals surface area (Å²) in [6.45, 7) is 2.63. The Morgan fingerprint density at radius 1 is 1.32 bits per heavy atom. The maximum Gasteiger partial charge on any atom is 0.178 e. The molecule has 2 rings (SSSR count). The number of sulfone groups is 1. The molecule has 5 heteroatoms. The lowest BCUT2D eigenvalue weighted by Gasteiger charge is -2.03. The van der Waals surface area contributed by atoms with Gasteiger partial charge in [0.1, 0.15) is 0 Å². The molecule has 0 radical (unpaired) electrons. The highest BCUT2D eigenvalue weighted by Gasteiger charge is 2.13. The van der Waals surface area contributed by atoms with Crippen molar-refractivity contribution in [3.05, 3.63) is 30.0 Å². The third-order valence-electron chi connectivity index (χ3n) is 3.35. The standard InChI is InChI=1S/C14H20N2O2S/c1-3-19(17,18)12-6-7-14-13(9-12)11(10-16-14)5-4-8-15-2/h6-7,9-10,15-16H,3-5,8H2,1-2H3. The van der Waals surface area contributed by atoms with Crippen LogP contribution in [0, 0.1) is 0 Å². The normalized spacial score (nSPS) is 12.1. The lowest BCUT2D eigenvalue weighted by Crippen LogP contribution is -2.08. The van der Waals surface area contributed by atoms with Crippen LogP contribution in [0.5, 0.6) is 0 Å². The minimum Gasteiger partial charge on any atom is -0.361 e. The van der Waals surface area contributed by atoms with Crippen LogP contribution in [0.1, 0.15) is 18.9 Å². The molecule has 1 heterocycles. The molecule has 0 amide bonds. The van der Waals surface area contributed by atoms with Crippen LogP contribution in [0.3, 0.4) is 0 Å². The molecule has 104 valence electrons. The minimum absolute atomic E-state index is 0.137. The van der Waals surface area contributed by atoms with Gasteiger partial charge in [-0.05, 0) is 50.2 Å². The number of benzene rings is 1. The molecule has 0 aliphatic carbocycles. The predicted octanol–water partition coefficient (Wildman–Crippen LogP) is 2.11. The smallest absolute Gasteiger partial charge is 0.178 e. The van der Waals surface area contributed by atoms with Crippen LogP contribution < -0.4 is 5.32 Å². The number of hydrogen-bond donors (Lipinski definition) is 2. The lowest BCUT2D eigenvalue weighted by atomic mass is 10.1. The predicted molar refractivity (Wildman–Crippen MR) is 78.3 cm³/mol. The molecule has 1 aromatic carbocycles. The summed E-state index contributed by atoms with van der Waals surface area (Å²) >= 11 is 0. The monoisotopic (exact) mass is 280 g/mol. The SMILES string of the molecule is CCS(=O)(=O)c1ccc2[nH]cc(CCCNC)c2c1. The van der Waals surface area contributed by atoms with E-state index >= 15 is 0 Å². The Morgan fingerprint density at radius 2 is 2.11 bits per heavy atom. The van der Waals surface area contributed by atoms with Gasteiger partial charge in [-0.25, -0.2) is 8.42 Å². The van der Waals surface area contributed by atoms with E-state index in [4.69, 9.17) is 0 Å². The highest BCUT2D eigenvalue weighted by molar-refractivity contribution is 7.91. The topological polar surface area (TPSA) is 62.0 Å². The molecule has 0 saturated carbocycles. The van der Waals surface area contributed by atoms with Crippen LogP contribution in [0.25, 0.3) is 10.9 Å². The van der Waals surface area contributed by atoms with E-state index in [1.54, 1.807) is 19.1 Å². The summed E-state index contributed by atoms with van der Waals surface area (Å²) in [5.74, 6) is 0.137. The van der Waals surface area contributed by atoms with Gasteiger partial charge in [-0.1, -0.05) is 6.92 Å². The van der Waals surface area contributed by atoms with E-state index in [1.807, 2.05) is 19.3 Å². The number of aryl methyl sites for hydroxylation is 1. The third kappa shape index (κ3) is 2.98. The fraction of sp³-hybridized carbons (Fsp3) is 0.429. The Bertz CT molecular complexity index is 659. The molecule has 0 aliphatic heterocycles. The first kappa shape index (κ1) is 14.1. The summed E-state index contributed by atoms with van der Waals surface area (Å²) in [5.41, 5.74) is 2.17. The molecule has 1 aromatic heterocycles. The molecular weight excluding hydrogens is 260 g/mol. The molecular formula is C14H20N2O2S. The molecule has 0 saturated heterocycles. The Balaban J connectivity index is 2.37. The van der Waals surface area contributed by atoms with Gasteiger partial charge in [-0.2, -0.15) is 0 Å². The number of hydrogen-bond acceptors (Lipinski definition) is 3. The van der Waals surface area contributed by atoms with E-state index in [-0.39, 0.29) is 5.75 Å². The average molecular weight is 280 g/mol. The van der Waals surface area contributed by atoms with Gasteiger partial charge in [0.15, 0.2) is 9.84 Å². The molecule has 2 aromatic rings. The second-order valence-corrected chi connectivity index (χ2v) is 6.91. The molecule has 0 spiro atoms. The lowest BCUT2D eigenvalue weighted by molar-refractivity contribution is 0.597. The van der Waals surface area contributed by atoms with Crippen LogP contribution in [0.15, 0.2) is 29.3 Å². The van der Waals surface area contributed by atoms with Crippen LogP contribution >= 0.6 is 0 Å². The van der Waals surface area contributed by atoms with Crippen molar-refractivity contribution in [1.29, 1.82) is 0 Å². The first-order valence-corrected chi connectivity index (χ1v) is 8.21. The maximum atomic E-state index is 11.9. The van der Waals surface area contributed by atoms with Crippen LogP contribution in [-0.2, 0) is 16.3 Å². The number of H-pyrrole nitrogens is 1. The third-order valence-corrected chi connectivity index (χ3v) is 5.08. The highest BCUT2D eigenvalue weighted by Crippen LogP contribution is 2.23. The van der Waals surface area contributed by atoms with E-state index in [1.165, 1.54) is 5.56 Å². The maximum absolute atomic E-state index is 11.9. The number of aromatic nitrogens is 1. The Kier molecular flexibility index (Phi) is 4.27. The molecule has 0 unspecified atom stereocenters. The van der Waals surface area contributed by atoms with Crippen molar-refractivity contribution in [3.8, 4) is 0 Å². The number of aromatic amines is 1. The van der Waals surface area contributed by atoms with Gasteiger partial charge in [0.2, 0.25) is 0 Å². The molecule has 0 aliphatic rings. The summed E-state index contributed by atoms with van der Waals surface area (Å²) in [4.78, 5) is 3.61. The Morgan fingerprint density at radius 3 is 2.79 bits per heavy atom. The fourth-order valence-electron chi connectivity index (χ4n) is 2.18. The van der Waals surface area contributed by atoms with Gasteiger partial charge in [0.05, 0.1) is 10.6 Å². The summed E-state index contributed by atoms with van der Waals surface area (Å²) in [6.07, 6.45) is 3.95. The van der Waals surface area contributed by atoms with Crippen molar-refractivity contribution in [1.82, 2.24) is 10.3 Å². The average Bonchev–Trinajstić information content (AvgIpc) is 2.82. The summed E-state index contributed by atoms with van der Waals surface area (Å²) in [7, 11) is -1.20. The molecule has 0 bridgehead atoms. The summed E-state index contributed by atoms with van der Waals surface area (Å²) in [5, 5.41) is 4.14. The van der Waals surface area contributed by atoms with E-state index in [2.05, 4.69) is 10.3 Å².